The molecule has 0 spiro atoms. The molecular formula is C27H28Cl2N2O3. The lowest BCUT2D eigenvalue weighted by molar-refractivity contribution is -0.123. The van der Waals surface area contributed by atoms with Crippen molar-refractivity contribution in [2.45, 2.75) is 53.1 Å². The van der Waals surface area contributed by atoms with Gasteiger partial charge < -0.3 is 10.1 Å². The summed E-state index contributed by atoms with van der Waals surface area (Å²) in [5.41, 5.74) is 3.65. The molecule has 2 aromatic carbocycles. The van der Waals surface area contributed by atoms with E-state index in [1.54, 1.807) is 19.1 Å². The first-order valence-electron chi connectivity index (χ1n) is 11.4. The Morgan fingerprint density at radius 1 is 1.15 bits per heavy atom. The van der Waals surface area contributed by atoms with E-state index in [-0.39, 0.29) is 5.41 Å². The van der Waals surface area contributed by atoms with Crippen molar-refractivity contribution < 1.29 is 14.3 Å². The van der Waals surface area contributed by atoms with E-state index in [9.17, 15) is 9.59 Å². The second-order valence-corrected chi connectivity index (χ2v) is 10.7. The molecule has 2 unspecified atom stereocenters. The van der Waals surface area contributed by atoms with Crippen LogP contribution in [0.1, 0.15) is 55.7 Å². The van der Waals surface area contributed by atoms with Crippen LogP contribution in [0, 0.1) is 11.3 Å². The number of hydrogen-bond acceptors (Lipinski definition) is 4. The predicted octanol–water partition coefficient (Wildman–Crippen LogP) is 6.88. The summed E-state index contributed by atoms with van der Waals surface area (Å²) in [5.74, 6) is -0.575. The predicted molar refractivity (Wildman–Crippen MR) is 137 cm³/mol. The number of para-hydroxylation sites is 1. The van der Waals surface area contributed by atoms with Gasteiger partial charge in [0.1, 0.15) is 0 Å². The normalized spacial score (nSPS) is 16.6. The van der Waals surface area contributed by atoms with Crippen LogP contribution in [0.15, 0.2) is 42.5 Å². The minimum atomic E-state index is -1.02. The van der Waals surface area contributed by atoms with Crippen LogP contribution in [-0.2, 0) is 22.4 Å². The van der Waals surface area contributed by atoms with Gasteiger partial charge in [-0.1, -0.05) is 62.2 Å². The van der Waals surface area contributed by atoms with Gasteiger partial charge in [-0.25, -0.2) is 4.79 Å². The molecule has 0 bridgehead atoms. The van der Waals surface area contributed by atoms with E-state index >= 15 is 0 Å². The first-order valence-corrected chi connectivity index (χ1v) is 12.2. The summed E-state index contributed by atoms with van der Waals surface area (Å²) >= 11 is 12.1. The van der Waals surface area contributed by atoms with Crippen LogP contribution in [0.3, 0.4) is 0 Å². The number of halogens is 2. The lowest BCUT2D eigenvalue weighted by atomic mass is 9.70. The quantitative estimate of drug-likeness (QED) is 0.398. The molecule has 1 aromatic heterocycles. The Kier molecular flexibility index (Phi) is 6.88. The first-order chi connectivity index (χ1) is 16.0. The Bertz CT molecular complexity index is 1270. The van der Waals surface area contributed by atoms with E-state index in [0.29, 0.717) is 27.2 Å². The molecule has 2 atom stereocenters. The Balaban J connectivity index is 1.63. The largest absolute Gasteiger partial charge is 0.449 e. The van der Waals surface area contributed by atoms with Crippen LogP contribution in [-0.4, -0.2) is 23.0 Å². The molecule has 1 aliphatic carbocycles. The number of esters is 1. The molecule has 0 saturated carbocycles. The lowest BCUT2D eigenvalue weighted by Gasteiger charge is -2.35. The molecule has 0 radical (unpaired) electrons. The molecule has 0 aliphatic heterocycles. The summed E-state index contributed by atoms with van der Waals surface area (Å²) in [6.07, 6.45) is 1.57. The number of carbonyl (C=O) groups excluding carboxylic acids is 2. The maximum Gasteiger partial charge on any atom is 0.339 e. The standard InChI is InChI=1S/C27H28Cl2N2O3/c1-15(25(32)31-23-12-10-17(28)14-20(23)29)34-26(33)24-18-7-5-6-8-21(18)30-22-11-9-16(13-19(22)24)27(2,3)4/h5-8,10,12,14-16H,9,11,13H2,1-4H3,(H,31,32). The highest BCUT2D eigenvalue weighted by Crippen LogP contribution is 2.39. The molecule has 34 heavy (non-hydrogen) atoms. The van der Waals surface area contributed by atoms with E-state index < -0.39 is 18.0 Å². The number of nitrogens with one attached hydrogen (secondary N) is 1. The number of hydrogen-bond donors (Lipinski definition) is 1. The average molecular weight is 499 g/mol. The fourth-order valence-corrected chi connectivity index (χ4v) is 4.91. The zero-order valence-electron chi connectivity index (χ0n) is 19.7. The molecule has 5 nitrogen and oxygen atoms in total. The van der Waals surface area contributed by atoms with E-state index in [1.165, 1.54) is 6.07 Å². The van der Waals surface area contributed by atoms with Gasteiger partial charge in [0.05, 0.1) is 21.8 Å². The number of fused-ring (bicyclic) bond motifs is 2. The van der Waals surface area contributed by atoms with E-state index in [4.69, 9.17) is 32.9 Å². The highest BCUT2D eigenvalue weighted by atomic mass is 35.5. The zero-order valence-corrected chi connectivity index (χ0v) is 21.3. The van der Waals surface area contributed by atoms with Gasteiger partial charge in [0.15, 0.2) is 6.10 Å². The number of nitrogens with zero attached hydrogens (tertiary/aromatic N) is 1. The van der Waals surface area contributed by atoms with Gasteiger partial charge >= 0.3 is 5.97 Å². The summed E-state index contributed by atoms with van der Waals surface area (Å²) in [6.45, 7) is 8.22. The van der Waals surface area contributed by atoms with Crippen molar-refractivity contribution in [3.63, 3.8) is 0 Å². The smallest absolute Gasteiger partial charge is 0.339 e. The van der Waals surface area contributed by atoms with Crippen molar-refractivity contribution in [2.75, 3.05) is 5.32 Å². The average Bonchev–Trinajstić information content (AvgIpc) is 2.78. The molecule has 0 saturated heterocycles. The van der Waals surface area contributed by atoms with E-state index in [0.717, 1.165) is 41.4 Å². The topological polar surface area (TPSA) is 68.3 Å². The highest BCUT2D eigenvalue weighted by molar-refractivity contribution is 6.36. The van der Waals surface area contributed by atoms with E-state index in [1.807, 2.05) is 24.3 Å². The van der Waals surface area contributed by atoms with Crippen LogP contribution in [0.25, 0.3) is 10.9 Å². The molecule has 1 aliphatic rings. The Labute approximate surface area is 209 Å². The van der Waals surface area contributed by atoms with Gasteiger partial charge in [0.25, 0.3) is 5.91 Å². The van der Waals surface area contributed by atoms with Crippen molar-refractivity contribution in [3.8, 4) is 0 Å². The van der Waals surface area contributed by atoms with Crippen molar-refractivity contribution in [2.24, 2.45) is 11.3 Å². The number of benzene rings is 2. The Morgan fingerprint density at radius 2 is 1.88 bits per heavy atom. The summed E-state index contributed by atoms with van der Waals surface area (Å²) in [4.78, 5) is 31.1. The third-order valence-corrected chi connectivity index (χ3v) is 7.08. The molecule has 0 fully saturated rings. The minimum absolute atomic E-state index is 0.107. The summed E-state index contributed by atoms with van der Waals surface area (Å²) in [6, 6.07) is 12.4. The number of pyridine rings is 1. The lowest BCUT2D eigenvalue weighted by Crippen LogP contribution is -2.32. The van der Waals surface area contributed by atoms with Gasteiger partial charge in [-0.2, -0.15) is 0 Å². The maximum atomic E-state index is 13.5. The minimum Gasteiger partial charge on any atom is -0.449 e. The summed E-state index contributed by atoms with van der Waals surface area (Å²) in [7, 11) is 0. The van der Waals surface area contributed by atoms with Crippen LogP contribution < -0.4 is 5.32 Å². The number of amides is 1. The third-order valence-electron chi connectivity index (χ3n) is 6.53. The number of aryl methyl sites for hydroxylation is 1. The van der Waals surface area contributed by atoms with Gasteiger partial charge in [-0.3, -0.25) is 9.78 Å². The van der Waals surface area contributed by atoms with Crippen molar-refractivity contribution in [1.82, 2.24) is 4.98 Å². The molecule has 7 heteroatoms. The molecule has 1 N–H and O–H groups in total. The van der Waals surface area contributed by atoms with Crippen LogP contribution in [0.5, 0.6) is 0 Å². The first kappa shape index (κ1) is 24.5. The highest BCUT2D eigenvalue weighted by Gasteiger charge is 2.33. The number of anilines is 1. The maximum absolute atomic E-state index is 13.5. The van der Waals surface area contributed by atoms with Gasteiger partial charge in [-0.15, -0.1) is 0 Å². The summed E-state index contributed by atoms with van der Waals surface area (Å²) < 4.78 is 5.68. The Hall–Kier alpha value is -2.63. The molecular weight excluding hydrogens is 471 g/mol. The third kappa shape index (κ3) is 5.06. The SMILES string of the molecule is CC(OC(=O)c1c2c(nc3ccccc13)CCC(C(C)(C)C)C2)C(=O)Nc1ccc(Cl)cc1Cl. The van der Waals surface area contributed by atoms with Gasteiger partial charge in [0, 0.05) is 16.1 Å². The summed E-state index contributed by atoms with van der Waals surface area (Å²) in [5, 5.41) is 4.22. The number of ether oxygens (including phenoxy) is 1. The molecule has 4 rings (SSSR count). The van der Waals surface area contributed by atoms with E-state index in [2.05, 4.69) is 26.1 Å². The fourth-order valence-electron chi connectivity index (χ4n) is 4.46. The number of carbonyl (C=O) groups is 2. The fraction of sp³-hybridized carbons (Fsp3) is 0.370. The second-order valence-electron chi connectivity index (χ2n) is 9.90. The van der Waals surface area contributed by atoms with Crippen LogP contribution in [0.2, 0.25) is 10.0 Å². The van der Waals surface area contributed by atoms with Gasteiger partial charge in [-0.05, 0) is 67.3 Å². The number of aromatic nitrogens is 1. The molecule has 178 valence electrons. The Morgan fingerprint density at radius 3 is 2.59 bits per heavy atom. The van der Waals surface area contributed by atoms with Crippen molar-refractivity contribution >= 4 is 51.7 Å². The molecule has 3 aromatic rings. The van der Waals surface area contributed by atoms with Gasteiger partial charge in [0.2, 0.25) is 0 Å². The molecule has 1 heterocycles. The molecule has 1 amide bonds. The van der Waals surface area contributed by atoms with Crippen LogP contribution in [0.4, 0.5) is 5.69 Å². The number of rotatable bonds is 4. The van der Waals surface area contributed by atoms with Crippen LogP contribution >= 0.6 is 23.2 Å². The zero-order chi connectivity index (χ0) is 24.6. The van der Waals surface area contributed by atoms with Crippen molar-refractivity contribution in [3.05, 3.63) is 69.3 Å². The van der Waals surface area contributed by atoms with Crippen molar-refractivity contribution in [1.29, 1.82) is 0 Å². The monoisotopic (exact) mass is 498 g/mol. The second kappa shape index (κ2) is 9.55.